The summed E-state index contributed by atoms with van der Waals surface area (Å²) in [6.07, 6.45) is 0. The monoisotopic (exact) mass is 265 g/mol. The summed E-state index contributed by atoms with van der Waals surface area (Å²) in [4.78, 5) is 16.1. The fourth-order valence-corrected chi connectivity index (χ4v) is 2.03. The molecule has 1 atom stereocenters. The molecule has 0 aromatic carbocycles. The molecule has 2 aromatic rings. The van der Waals surface area contributed by atoms with E-state index in [0.29, 0.717) is 17.3 Å². The highest BCUT2D eigenvalue weighted by atomic mass is 32.1. The summed E-state index contributed by atoms with van der Waals surface area (Å²) >= 11 is 1.49. The molecule has 0 spiro atoms. The van der Waals surface area contributed by atoms with Crippen molar-refractivity contribution in [2.75, 3.05) is 0 Å². The highest BCUT2D eigenvalue weighted by molar-refractivity contribution is 7.08. The van der Waals surface area contributed by atoms with Crippen LogP contribution in [0.15, 0.2) is 21.3 Å². The van der Waals surface area contributed by atoms with Gasteiger partial charge < -0.3 is 9.84 Å². The van der Waals surface area contributed by atoms with Crippen molar-refractivity contribution in [1.29, 1.82) is 0 Å². The van der Waals surface area contributed by atoms with Crippen molar-refractivity contribution in [3.8, 4) is 0 Å². The molecule has 0 bridgehead atoms. The SMILES string of the molecule is CC(C)c1noc([C@@H](C)NC(=O)c2ccsc2)n1. The fraction of sp³-hybridized carbons (Fsp3) is 0.417. The Labute approximate surface area is 109 Å². The maximum atomic E-state index is 11.8. The average molecular weight is 265 g/mol. The van der Waals surface area contributed by atoms with Gasteiger partial charge in [-0.1, -0.05) is 19.0 Å². The lowest BCUT2D eigenvalue weighted by Gasteiger charge is -2.08. The first kappa shape index (κ1) is 12.8. The van der Waals surface area contributed by atoms with Gasteiger partial charge in [-0.05, 0) is 18.4 Å². The molecule has 18 heavy (non-hydrogen) atoms. The number of hydrogen-bond donors (Lipinski definition) is 1. The standard InChI is InChI=1S/C12H15N3O2S/c1-7(2)10-14-12(17-15-10)8(3)13-11(16)9-4-5-18-6-9/h4-8H,1-3H3,(H,13,16)/t8-/m1/s1. The Balaban J connectivity index is 2.03. The van der Waals surface area contributed by atoms with Crippen LogP contribution in [0, 0.1) is 0 Å². The molecule has 0 unspecified atom stereocenters. The van der Waals surface area contributed by atoms with E-state index in [9.17, 15) is 4.79 Å². The summed E-state index contributed by atoms with van der Waals surface area (Å²) in [5.74, 6) is 1.17. The predicted octanol–water partition coefficient (Wildman–Crippen LogP) is 2.75. The number of amides is 1. The number of rotatable bonds is 4. The fourth-order valence-electron chi connectivity index (χ4n) is 1.39. The van der Waals surface area contributed by atoms with Gasteiger partial charge in [-0.15, -0.1) is 0 Å². The minimum Gasteiger partial charge on any atom is -0.340 e. The number of thiophene rings is 1. The van der Waals surface area contributed by atoms with Gasteiger partial charge in [-0.25, -0.2) is 0 Å². The first-order valence-corrected chi connectivity index (χ1v) is 6.68. The molecule has 0 aliphatic carbocycles. The van der Waals surface area contributed by atoms with Crippen molar-refractivity contribution >= 4 is 17.2 Å². The van der Waals surface area contributed by atoms with Crippen molar-refractivity contribution in [1.82, 2.24) is 15.5 Å². The van der Waals surface area contributed by atoms with Gasteiger partial charge in [0.15, 0.2) is 5.82 Å². The minimum absolute atomic E-state index is 0.131. The lowest BCUT2D eigenvalue weighted by atomic mass is 10.2. The second-order valence-corrected chi connectivity index (χ2v) is 5.13. The maximum absolute atomic E-state index is 11.8. The Hall–Kier alpha value is -1.69. The molecule has 6 heteroatoms. The molecular formula is C12H15N3O2S. The predicted molar refractivity (Wildman–Crippen MR) is 68.6 cm³/mol. The van der Waals surface area contributed by atoms with Crippen molar-refractivity contribution in [3.05, 3.63) is 34.1 Å². The maximum Gasteiger partial charge on any atom is 0.252 e. The largest absolute Gasteiger partial charge is 0.340 e. The number of hydrogen-bond acceptors (Lipinski definition) is 5. The number of carbonyl (C=O) groups excluding carboxylic acids is 1. The smallest absolute Gasteiger partial charge is 0.252 e. The van der Waals surface area contributed by atoms with E-state index >= 15 is 0 Å². The summed E-state index contributed by atoms with van der Waals surface area (Å²) < 4.78 is 5.13. The van der Waals surface area contributed by atoms with Crippen molar-refractivity contribution in [2.24, 2.45) is 0 Å². The van der Waals surface area contributed by atoms with Crippen LogP contribution in [0.1, 0.15) is 54.8 Å². The molecule has 2 heterocycles. The molecule has 1 N–H and O–H groups in total. The van der Waals surface area contributed by atoms with Gasteiger partial charge in [-0.2, -0.15) is 16.3 Å². The van der Waals surface area contributed by atoms with Gasteiger partial charge >= 0.3 is 0 Å². The summed E-state index contributed by atoms with van der Waals surface area (Å²) in [6, 6.07) is 1.48. The number of nitrogens with zero attached hydrogens (tertiary/aromatic N) is 2. The highest BCUT2D eigenvalue weighted by Crippen LogP contribution is 2.15. The van der Waals surface area contributed by atoms with E-state index in [1.54, 1.807) is 11.4 Å². The molecule has 0 aliphatic heterocycles. The Bertz CT molecular complexity index is 519. The summed E-state index contributed by atoms with van der Waals surface area (Å²) in [6.45, 7) is 5.80. The molecule has 0 aliphatic rings. The van der Waals surface area contributed by atoms with Crippen LogP contribution >= 0.6 is 11.3 Å². The van der Waals surface area contributed by atoms with Crippen LogP contribution < -0.4 is 5.32 Å². The lowest BCUT2D eigenvalue weighted by molar-refractivity contribution is 0.0933. The number of aromatic nitrogens is 2. The van der Waals surface area contributed by atoms with Gasteiger partial charge in [0.1, 0.15) is 6.04 Å². The molecular weight excluding hydrogens is 250 g/mol. The third kappa shape index (κ3) is 2.76. The van der Waals surface area contributed by atoms with E-state index in [-0.39, 0.29) is 17.9 Å². The van der Waals surface area contributed by atoms with Crippen LogP contribution in [0.25, 0.3) is 0 Å². The Morgan fingerprint density at radius 2 is 2.22 bits per heavy atom. The molecule has 2 rings (SSSR count). The quantitative estimate of drug-likeness (QED) is 0.923. The van der Waals surface area contributed by atoms with E-state index in [2.05, 4.69) is 15.5 Å². The van der Waals surface area contributed by atoms with Crippen LogP contribution in [0.3, 0.4) is 0 Å². The van der Waals surface area contributed by atoms with Gasteiger partial charge in [0, 0.05) is 11.3 Å². The van der Waals surface area contributed by atoms with Crippen LogP contribution in [0.4, 0.5) is 0 Å². The van der Waals surface area contributed by atoms with E-state index in [4.69, 9.17) is 4.52 Å². The Morgan fingerprint density at radius 1 is 1.44 bits per heavy atom. The summed E-state index contributed by atoms with van der Waals surface area (Å²) in [5, 5.41) is 10.4. The van der Waals surface area contributed by atoms with Crippen LogP contribution in [0.5, 0.6) is 0 Å². The van der Waals surface area contributed by atoms with Crippen LogP contribution in [-0.2, 0) is 0 Å². The van der Waals surface area contributed by atoms with E-state index in [0.717, 1.165) is 0 Å². The molecule has 0 saturated carbocycles. The Morgan fingerprint density at radius 3 is 2.78 bits per heavy atom. The van der Waals surface area contributed by atoms with Crippen LogP contribution in [0.2, 0.25) is 0 Å². The molecule has 0 fully saturated rings. The number of nitrogens with one attached hydrogen (secondary N) is 1. The van der Waals surface area contributed by atoms with Gasteiger partial charge in [-0.3, -0.25) is 4.79 Å². The van der Waals surface area contributed by atoms with E-state index in [1.807, 2.05) is 26.2 Å². The first-order valence-electron chi connectivity index (χ1n) is 5.74. The lowest BCUT2D eigenvalue weighted by Crippen LogP contribution is -2.26. The minimum atomic E-state index is -0.294. The number of carbonyl (C=O) groups is 1. The zero-order valence-corrected chi connectivity index (χ0v) is 11.3. The first-order chi connectivity index (χ1) is 8.58. The molecule has 5 nitrogen and oxygen atoms in total. The third-order valence-electron chi connectivity index (χ3n) is 2.48. The van der Waals surface area contributed by atoms with Gasteiger partial charge in [0.2, 0.25) is 5.89 Å². The molecule has 96 valence electrons. The molecule has 0 radical (unpaired) electrons. The second kappa shape index (κ2) is 5.30. The zero-order valence-electron chi connectivity index (χ0n) is 10.5. The third-order valence-corrected chi connectivity index (χ3v) is 3.16. The second-order valence-electron chi connectivity index (χ2n) is 4.35. The van der Waals surface area contributed by atoms with Gasteiger partial charge in [0.25, 0.3) is 5.91 Å². The highest BCUT2D eigenvalue weighted by Gasteiger charge is 2.18. The molecule has 2 aromatic heterocycles. The normalized spacial score (nSPS) is 12.7. The Kier molecular flexibility index (Phi) is 3.76. The molecule has 1 amide bonds. The van der Waals surface area contributed by atoms with E-state index in [1.165, 1.54) is 11.3 Å². The average Bonchev–Trinajstić information content (AvgIpc) is 3.00. The van der Waals surface area contributed by atoms with Gasteiger partial charge in [0.05, 0.1) is 5.56 Å². The van der Waals surface area contributed by atoms with Crippen molar-refractivity contribution in [3.63, 3.8) is 0 Å². The zero-order chi connectivity index (χ0) is 13.1. The topological polar surface area (TPSA) is 68.0 Å². The van der Waals surface area contributed by atoms with Crippen molar-refractivity contribution < 1.29 is 9.32 Å². The summed E-state index contributed by atoms with van der Waals surface area (Å²) in [7, 11) is 0. The summed E-state index contributed by atoms with van der Waals surface area (Å²) in [5.41, 5.74) is 0.649. The molecule has 0 saturated heterocycles. The van der Waals surface area contributed by atoms with Crippen molar-refractivity contribution in [2.45, 2.75) is 32.7 Å². The van der Waals surface area contributed by atoms with Crippen LogP contribution in [-0.4, -0.2) is 16.0 Å². The van der Waals surface area contributed by atoms with E-state index < -0.39 is 0 Å².